The largest absolute Gasteiger partial charge is 0.325 e. The van der Waals surface area contributed by atoms with Crippen molar-refractivity contribution in [3.63, 3.8) is 0 Å². The first kappa shape index (κ1) is 13.1. The van der Waals surface area contributed by atoms with E-state index in [1.54, 1.807) is 0 Å². The van der Waals surface area contributed by atoms with E-state index < -0.39 is 0 Å². The zero-order valence-corrected chi connectivity index (χ0v) is 12.1. The molecule has 0 amide bonds. The first-order chi connectivity index (χ1) is 9.72. The Balaban J connectivity index is 2.06. The molecule has 0 spiro atoms. The number of carbonyl (C=O) groups is 1. The number of carbonyl (C=O) groups excluding carboxylic acids is 1. The van der Waals surface area contributed by atoms with E-state index in [9.17, 15) is 4.79 Å². The Morgan fingerprint density at radius 2 is 2.10 bits per heavy atom. The second-order valence-corrected chi connectivity index (χ2v) is 5.68. The Kier molecular flexibility index (Phi) is 3.43. The summed E-state index contributed by atoms with van der Waals surface area (Å²) >= 11 is 0. The number of hydrogen-bond donors (Lipinski definition) is 0. The average Bonchev–Trinajstić information content (AvgIpc) is 2.84. The van der Waals surface area contributed by atoms with Gasteiger partial charge in [-0.2, -0.15) is 0 Å². The van der Waals surface area contributed by atoms with Crippen molar-refractivity contribution in [3.05, 3.63) is 41.3 Å². The number of aryl methyl sites for hydroxylation is 1. The molecule has 104 valence electrons. The molecule has 1 atom stereocenters. The molecule has 0 fully saturated rings. The highest BCUT2D eigenvalue weighted by Gasteiger charge is 2.23. The van der Waals surface area contributed by atoms with E-state index in [2.05, 4.69) is 42.7 Å². The van der Waals surface area contributed by atoms with Crippen LogP contribution < -0.4 is 0 Å². The first-order valence-electron chi connectivity index (χ1n) is 7.36. The van der Waals surface area contributed by atoms with Gasteiger partial charge in [0.1, 0.15) is 11.5 Å². The minimum absolute atomic E-state index is 0.653. The molecule has 1 aliphatic heterocycles. The third-order valence-electron chi connectivity index (χ3n) is 4.21. The molecule has 0 saturated carbocycles. The second kappa shape index (κ2) is 5.23. The number of fused-ring (bicyclic) bond motifs is 1. The third-order valence-corrected chi connectivity index (χ3v) is 4.21. The van der Waals surface area contributed by atoms with Crippen LogP contribution >= 0.6 is 0 Å². The highest BCUT2D eigenvalue weighted by molar-refractivity contribution is 5.84. The molecule has 0 radical (unpaired) electrons. The van der Waals surface area contributed by atoms with Gasteiger partial charge in [-0.1, -0.05) is 38.1 Å². The Hall–Kier alpha value is -1.90. The molecule has 0 N–H and O–H groups in total. The summed E-state index contributed by atoms with van der Waals surface area (Å²) in [5.74, 6) is 1.71. The molecule has 1 unspecified atom stereocenters. The summed E-state index contributed by atoms with van der Waals surface area (Å²) in [5, 5.41) is 0. The number of aldehydes is 1. The lowest BCUT2D eigenvalue weighted by atomic mass is 10.0. The molecule has 1 aliphatic rings. The van der Waals surface area contributed by atoms with Gasteiger partial charge in [-0.05, 0) is 24.3 Å². The molecular weight excluding hydrogens is 248 g/mol. The van der Waals surface area contributed by atoms with E-state index in [-0.39, 0.29) is 0 Å². The minimum atomic E-state index is 0.653. The van der Waals surface area contributed by atoms with Crippen LogP contribution in [0.4, 0.5) is 0 Å². The van der Waals surface area contributed by atoms with Gasteiger partial charge in [0.2, 0.25) is 0 Å². The lowest BCUT2D eigenvalue weighted by molar-refractivity contribution is 0.111. The summed E-state index contributed by atoms with van der Waals surface area (Å²) in [6.07, 6.45) is 4.07. The van der Waals surface area contributed by atoms with Crippen LogP contribution in [0.1, 0.15) is 42.1 Å². The van der Waals surface area contributed by atoms with E-state index in [4.69, 9.17) is 4.98 Å². The van der Waals surface area contributed by atoms with Gasteiger partial charge in [0.15, 0.2) is 6.29 Å². The van der Waals surface area contributed by atoms with E-state index in [1.807, 2.05) is 0 Å². The van der Waals surface area contributed by atoms with Crippen molar-refractivity contribution in [1.82, 2.24) is 9.55 Å². The molecule has 20 heavy (non-hydrogen) atoms. The maximum absolute atomic E-state index is 11.5. The fourth-order valence-electron chi connectivity index (χ4n) is 2.91. The summed E-state index contributed by atoms with van der Waals surface area (Å²) in [6.45, 7) is 5.29. The molecule has 3 rings (SSSR count). The smallest absolute Gasteiger partial charge is 0.168 e. The Labute approximate surface area is 119 Å². The van der Waals surface area contributed by atoms with Crippen LogP contribution in [-0.2, 0) is 19.4 Å². The highest BCUT2D eigenvalue weighted by Crippen LogP contribution is 2.28. The highest BCUT2D eigenvalue weighted by atomic mass is 16.1. The van der Waals surface area contributed by atoms with Crippen molar-refractivity contribution in [2.24, 2.45) is 5.92 Å². The Morgan fingerprint density at radius 1 is 1.35 bits per heavy atom. The normalized spacial score (nSPS) is 17.8. The Morgan fingerprint density at radius 3 is 2.75 bits per heavy atom. The number of rotatable bonds is 3. The molecule has 0 saturated heterocycles. The maximum atomic E-state index is 11.5. The van der Waals surface area contributed by atoms with Crippen LogP contribution in [0.25, 0.3) is 11.3 Å². The molecule has 3 nitrogen and oxygen atoms in total. The molecule has 2 aromatic rings. The molecule has 1 aromatic carbocycles. The van der Waals surface area contributed by atoms with Gasteiger partial charge in [0.25, 0.3) is 0 Å². The summed E-state index contributed by atoms with van der Waals surface area (Å²) in [7, 11) is 0. The second-order valence-electron chi connectivity index (χ2n) is 5.68. The van der Waals surface area contributed by atoms with Gasteiger partial charge >= 0.3 is 0 Å². The lowest BCUT2D eigenvalue weighted by Gasteiger charge is -2.20. The van der Waals surface area contributed by atoms with Crippen molar-refractivity contribution in [3.8, 4) is 11.3 Å². The topological polar surface area (TPSA) is 34.9 Å². The van der Waals surface area contributed by atoms with Crippen molar-refractivity contribution in [2.75, 3.05) is 0 Å². The molecule has 1 aromatic heterocycles. The summed E-state index contributed by atoms with van der Waals surface area (Å²) in [5.41, 5.74) is 3.92. The van der Waals surface area contributed by atoms with E-state index in [1.165, 1.54) is 5.56 Å². The van der Waals surface area contributed by atoms with Gasteiger partial charge in [-0.25, -0.2) is 4.98 Å². The number of benzene rings is 1. The summed E-state index contributed by atoms with van der Waals surface area (Å²) in [4.78, 5) is 16.2. The predicted molar refractivity (Wildman–Crippen MR) is 79.9 cm³/mol. The minimum Gasteiger partial charge on any atom is -0.325 e. The van der Waals surface area contributed by atoms with Crippen LogP contribution in [0, 0.1) is 5.92 Å². The van der Waals surface area contributed by atoms with Crippen LogP contribution in [0.3, 0.4) is 0 Å². The van der Waals surface area contributed by atoms with Crippen molar-refractivity contribution >= 4 is 6.29 Å². The van der Waals surface area contributed by atoms with E-state index in [0.717, 1.165) is 54.9 Å². The predicted octanol–water partition coefficient (Wildman–Crippen LogP) is 3.51. The Bertz CT molecular complexity index is 625. The summed E-state index contributed by atoms with van der Waals surface area (Å²) in [6, 6.07) is 8.38. The SMILES string of the molecule is CCc1ccc(-c2nc3n(c2C=O)CCC(C)C3)cc1. The monoisotopic (exact) mass is 268 g/mol. The molecular formula is C17H20N2O. The molecule has 0 aliphatic carbocycles. The number of aromatic nitrogens is 2. The van der Waals surface area contributed by atoms with E-state index >= 15 is 0 Å². The third kappa shape index (κ3) is 2.17. The van der Waals surface area contributed by atoms with Gasteiger partial charge < -0.3 is 4.57 Å². The standard InChI is InChI=1S/C17H20N2O/c1-3-13-4-6-14(7-5-13)17-15(11-20)19-9-8-12(2)10-16(19)18-17/h4-7,11-12H,3,8-10H2,1-2H3. The summed E-state index contributed by atoms with van der Waals surface area (Å²) < 4.78 is 2.09. The van der Waals surface area contributed by atoms with Gasteiger partial charge in [-0.15, -0.1) is 0 Å². The molecule has 3 heteroatoms. The van der Waals surface area contributed by atoms with Crippen molar-refractivity contribution in [2.45, 2.75) is 39.7 Å². The van der Waals surface area contributed by atoms with Crippen molar-refractivity contribution in [1.29, 1.82) is 0 Å². The van der Waals surface area contributed by atoms with Gasteiger partial charge in [-0.3, -0.25) is 4.79 Å². The van der Waals surface area contributed by atoms with Crippen molar-refractivity contribution < 1.29 is 4.79 Å². The fourth-order valence-corrected chi connectivity index (χ4v) is 2.91. The quantitative estimate of drug-likeness (QED) is 0.798. The number of imidazole rings is 1. The molecule has 0 bridgehead atoms. The van der Waals surface area contributed by atoms with Gasteiger partial charge in [0, 0.05) is 18.5 Å². The maximum Gasteiger partial charge on any atom is 0.168 e. The van der Waals surface area contributed by atoms with E-state index in [0.29, 0.717) is 5.92 Å². The average molecular weight is 268 g/mol. The van der Waals surface area contributed by atoms with Crippen LogP contribution in [0.5, 0.6) is 0 Å². The zero-order valence-electron chi connectivity index (χ0n) is 12.1. The molecule has 2 heterocycles. The van der Waals surface area contributed by atoms with Crippen LogP contribution in [0.15, 0.2) is 24.3 Å². The number of nitrogens with zero attached hydrogens (tertiary/aromatic N) is 2. The number of hydrogen-bond acceptors (Lipinski definition) is 2. The zero-order chi connectivity index (χ0) is 14.1. The lowest BCUT2D eigenvalue weighted by Crippen LogP contribution is -2.18. The fraction of sp³-hybridized carbons (Fsp3) is 0.412. The first-order valence-corrected chi connectivity index (χ1v) is 7.36. The van der Waals surface area contributed by atoms with Crippen LogP contribution in [0.2, 0.25) is 0 Å². The van der Waals surface area contributed by atoms with Crippen LogP contribution in [-0.4, -0.2) is 15.8 Å². The van der Waals surface area contributed by atoms with Gasteiger partial charge in [0.05, 0.1) is 5.69 Å².